The van der Waals surface area contributed by atoms with Gasteiger partial charge in [-0.25, -0.2) is 4.79 Å². The molecule has 3 aromatic rings. The van der Waals surface area contributed by atoms with Crippen LogP contribution >= 0.6 is 11.8 Å². The van der Waals surface area contributed by atoms with Crippen LogP contribution in [0.25, 0.3) is 0 Å². The number of ether oxygens (including phenoxy) is 1. The number of thioether (sulfide) groups is 1. The van der Waals surface area contributed by atoms with Gasteiger partial charge in [-0.15, -0.1) is 11.8 Å². The quantitative estimate of drug-likeness (QED) is 0.525. The van der Waals surface area contributed by atoms with Crippen LogP contribution in [0.3, 0.4) is 0 Å². The van der Waals surface area contributed by atoms with E-state index in [0.717, 1.165) is 34.7 Å². The monoisotopic (exact) mass is 418 g/mol. The van der Waals surface area contributed by atoms with Crippen molar-refractivity contribution in [1.82, 2.24) is 4.90 Å². The first-order valence-corrected chi connectivity index (χ1v) is 11.3. The molecule has 0 aromatic heterocycles. The second kappa shape index (κ2) is 9.72. The molecule has 1 aliphatic heterocycles. The molecule has 0 radical (unpaired) electrons. The van der Waals surface area contributed by atoms with Gasteiger partial charge in [0.15, 0.2) is 0 Å². The van der Waals surface area contributed by atoms with Crippen LogP contribution in [0.5, 0.6) is 5.75 Å². The van der Waals surface area contributed by atoms with E-state index in [1.165, 1.54) is 5.56 Å². The first-order valence-electron chi connectivity index (χ1n) is 10.3. The minimum Gasteiger partial charge on any atom is -0.489 e. The maximum atomic E-state index is 13.0. The number of urea groups is 1. The average Bonchev–Trinajstić information content (AvgIpc) is 3.29. The Morgan fingerprint density at radius 2 is 1.80 bits per heavy atom. The molecule has 1 atom stereocenters. The third kappa shape index (κ3) is 4.79. The summed E-state index contributed by atoms with van der Waals surface area (Å²) in [5.74, 6) is 1.73. The van der Waals surface area contributed by atoms with Crippen LogP contribution in [0.15, 0.2) is 78.9 Å². The maximum absolute atomic E-state index is 13.0. The number of hydrogen-bond donors (Lipinski definition) is 1. The van der Waals surface area contributed by atoms with Crippen molar-refractivity contribution in [3.8, 4) is 5.75 Å². The number of amides is 2. The van der Waals surface area contributed by atoms with E-state index in [1.54, 1.807) is 11.8 Å². The van der Waals surface area contributed by atoms with E-state index < -0.39 is 0 Å². The van der Waals surface area contributed by atoms with Gasteiger partial charge in [-0.3, -0.25) is 0 Å². The minimum absolute atomic E-state index is 0.0636. The summed E-state index contributed by atoms with van der Waals surface area (Å²) < 4.78 is 6.14. The number of carbonyl (C=O) groups excluding carboxylic acids is 1. The summed E-state index contributed by atoms with van der Waals surface area (Å²) >= 11 is 1.77. The summed E-state index contributed by atoms with van der Waals surface area (Å²) in [4.78, 5) is 14.9. The molecule has 1 saturated heterocycles. The topological polar surface area (TPSA) is 41.6 Å². The molecule has 1 N–H and O–H groups in total. The highest BCUT2D eigenvalue weighted by Gasteiger charge is 2.32. The van der Waals surface area contributed by atoms with Gasteiger partial charge in [0.1, 0.15) is 17.7 Å². The van der Waals surface area contributed by atoms with E-state index in [1.807, 2.05) is 59.5 Å². The van der Waals surface area contributed by atoms with Crippen LogP contribution in [-0.2, 0) is 13.0 Å². The van der Waals surface area contributed by atoms with Gasteiger partial charge in [0.2, 0.25) is 0 Å². The molecule has 5 heteroatoms. The van der Waals surface area contributed by atoms with Gasteiger partial charge in [0.25, 0.3) is 0 Å². The number of carbonyl (C=O) groups is 1. The van der Waals surface area contributed by atoms with Crippen molar-refractivity contribution in [3.05, 3.63) is 95.6 Å². The van der Waals surface area contributed by atoms with E-state index >= 15 is 0 Å². The zero-order valence-electron chi connectivity index (χ0n) is 17.1. The van der Waals surface area contributed by atoms with Crippen molar-refractivity contribution in [2.24, 2.45) is 0 Å². The lowest BCUT2D eigenvalue weighted by Gasteiger charge is -2.26. The Bertz CT molecular complexity index is 993. The molecule has 30 heavy (non-hydrogen) atoms. The van der Waals surface area contributed by atoms with Crippen molar-refractivity contribution < 1.29 is 9.53 Å². The fourth-order valence-electron chi connectivity index (χ4n) is 3.55. The summed E-state index contributed by atoms with van der Waals surface area (Å²) in [6.45, 7) is 3.33. The Morgan fingerprint density at radius 3 is 2.63 bits per heavy atom. The fraction of sp³-hybridized carbons (Fsp3) is 0.240. The van der Waals surface area contributed by atoms with Crippen molar-refractivity contribution in [2.75, 3.05) is 17.6 Å². The maximum Gasteiger partial charge on any atom is 0.323 e. The van der Waals surface area contributed by atoms with E-state index in [2.05, 4.69) is 36.5 Å². The average molecular weight is 419 g/mol. The summed E-state index contributed by atoms with van der Waals surface area (Å²) in [6, 6.07) is 26.1. The molecular weight excluding hydrogens is 392 g/mol. The van der Waals surface area contributed by atoms with Gasteiger partial charge in [-0.1, -0.05) is 67.6 Å². The SMILES string of the molecule is CCc1cccc(NC(=O)N2CCSC2c2ccccc2OCc2ccccc2)c1. The molecular formula is C25H26N2O2S. The van der Waals surface area contributed by atoms with Gasteiger partial charge in [0, 0.05) is 23.5 Å². The van der Waals surface area contributed by atoms with Gasteiger partial charge in [-0.2, -0.15) is 0 Å². The lowest BCUT2D eigenvalue weighted by Crippen LogP contribution is -2.34. The smallest absolute Gasteiger partial charge is 0.323 e. The van der Waals surface area contributed by atoms with Crippen LogP contribution in [0.2, 0.25) is 0 Å². The third-order valence-electron chi connectivity index (χ3n) is 5.16. The Balaban J connectivity index is 1.49. The Labute approximate surface area is 182 Å². The van der Waals surface area contributed by atoms with E-state index in [9.17, 15) is 4.79 Å². The second-order valence-corrected chi connectivity index (χ2v) is 8.40. The lowest BCUT2D eigenvalue weighted by atomic mass is 10.1. The molecule has 4 rings (SSSR count). The zero-order valence-corrected chi connectivity index (χ0v) is 17.9. The number of anilines is 1. The highest BCUT2D eigenvalue weighted by molar-refractivity contribution is 7.99. The van der Waals surface area contributed by atoms with Gasteiger partial charge < -0.3 is 15.0 Å². The molecule has 1 fully saturated rings. The number of nitrogens with one attached hydrogen (secondary N) is 1. The molecule has 154 valence electrons. The predicted molar refractivity (Wildman–Crippen MR) is 124 cm³/mol. The molecule has 0 spiro atoms. The molecule has 2 amide bonds. The number of benzene rings is 3. The number of aryl methyl sites for hydroxylation is 1. The fourth-order valence-corrected chi connectivity index (χ4v) is 4.83. The number of para-hydroxylation sites is 1. The third-order valence-corrected chi connectivity index (χ3v) is 6.40. The van der Waals surface area contributed by atoms with Crippen LogP contribution in [0, 0.1) is 0 Å². The normalized spacial score (nSPS) is 15.8. The Kier molecular flexibility index (Phi) is 6.60. The van der Waals surface area contributed by atoms with Crippen LogP contribution in [-0.4, -0.2) is 23.2 Å². The molecule has 1 aliphatic rings. The molecule has 0 saturated carbocycles. The van der Waals surface area contributed by atoms with Crippen molar-refractivity contribution in [2.45, 2.75) is 25.3 Å². The van der Waals surface area contributed by atoms with E-state index in [0.29, 0.717) is 13.2 Å². The summed E-state index contributed by atoms with van der Waals surface area (Å²) in [6.07, 6.45) is 0.942. The van der Waals surface area contributed by atoms with Crippen molar-refractivity contribution >= 4 is 23.5 Å². The lowest BCUT2D eigenvalue weighted by molar-refractivity contribution is 0.213. The molecule has 0 aliphatic carbocycles. The summed E-state index contributed by atoms with van der Waals surface area (Å²) in [5, 5.41) is 3.00. The largest absolute Gasteiger partial charge is 0.489 e. The zero-order chi connectivity index (χ0) is 20.8. The highest BCUT2D eigenvalue weighted by atomic mass is 32.2. The molecule has 0 bridgehead atoms. The predicted octanol–water partition coefficient (Wildman–Crippen LogP) is 6.11. The van der Waals surface area contributed by atoms with E-state index in [4.69, 9.17) is 4.74 Å². The van der Waals surface area contributed by atoms with Gasteiger partial charge in [-0.05, 0) is 35.7 Å². The minimum atomic E-state index is -0.0730. The first-order chi connectivity index (χ1) is 14.7. The first kappa shape index (κ1) is 20.4. The van der Waals surface area contributed by atoms with Gasteiger partial charge in [0.05, 0.1) is 0 Å². The van der Waals surface area contributed by atoms with Crippen LogP contribution < -0.4 is 10.1 Å². The highest BCUT2D eigenvalue weighted by Crippen LogP contribution is 2.42. The number of rotatable bonds is 6. The molecule has 3 aromatic carbocycles. The Morgan fingerprint density at radius 1 is 1.03 bits per heavy atom. The standard InChI is InChI=1S/C25H26N2O2S/c1-2-19-11-8-12-21(17-19)26-25(28)27-15-16-30-24(27)22-13-6-7-14-23(22)29-18-20-9-4-3-5-10-20/h3-14,17,24H,2,15-16,18H2,1H3,(H,26,28). The second-order valence-electron chi connectivity index (χ2n) is 7.21. The Hall–Kier alpha value is -2.92. The van der Waals surface area contributed by atoms with Gasteiger partial charge >= 0.3 is 6.03 Å². The van der Waals surface area contributed by atoms with Crippen LogP contribution in [0.1, 0.15) is 29.0 Å². The van der Waals surface area contributed by atoms with Crippen LogP contribution in [0.4, 0.5) is 10.5 Å². The van der Waals surface area contributed by atoms with Crippen molar-refractivity contribution in [1.29, 1.82) is 0 Å². The number of hydrogen-bond acceptors (Lipinski definition) is 3. The number of nitrogens with zero attached hydrogens (tertiary/aromatic N) is 1. The summed E-state index contributed by atoms with van der Waals surface area (Å²) in [5.41, 5.74) is 4.20. The molecule has 4 nitrogen and oxygen atoms in total. The molecule has 1 heterocycles. The van der Waals surface area contributed by atoms with E-state index in [-0.39, 0.29) is 11.4 Å². The van der Waals surface area contributed by atoms with Crippen molar-refractivity contribution in [3.63, 3.8) is 0 Å². The summed E-state index contributed by atoms with van der Waals surface area (Å²) in [7, 11) is 0. The molecule has 1 unspecified atom stereocenters.